The number of anilines is 2. The van der Waals surface area contributed by atoms with Gasteiger partial charge < -0.3 is 14.6 Å². The number of aryl methyl sites for hydroxylation is 2. The molecule has 0 aliphatic heterocycles. The maximum atomic E-state index is 13.0. The number of aromatic nitrogens is 1. The van der Waals surface area contributed by atoms with Crippen molar-refractivity contribution >= 4 is 38.2 Å². The van der Waals surface area contributed by atoms with Gasteiger partial charge >= 0.3 is 0 Å². The number of hydrogen-bond acceptors (Lipinski definition) is 4. The fourth-order valence-electron chi connectivity index (χ4n) is 3.62. The summed E-state index contributed by atoms with van der Waals surface area (Å²) in [6.45, 7) is 2.24. The van der Waals surface area contributed by atoms with Crippen molar-refractivity contribution in [2.24, 2.45) is 0 Å². The molecule has 1 amide bonds. The number of sulfonamides is 1. The molecular formula is C25H25N3O4S. The van der Waals surface area contributed by atoms with E-state index in [9.17, 15) is 13.2 Å². The minimum atomic E-state index is -3.84. The molecule has 0 aliphatic rings. The number of nitrogens with one attached hydrogen (secondary N) is 2. The van der Waals surface area contributed by atoms with E-state index in [-0.39, 0.29) is 17.2 Å². The summed E-state index contributed by atoms with van der Waals surface area (Å²) in [5.74, 6) is 0.440. The van der Waals surface area contributed by atoms with Crippen LogP contribution in [0.5, 0.6) is 5.75 Å². The molecular weight excluding hydrogens is 438 g/mol. The van der Waals surface area contributed by atoms with Crippen LogP contribution in [0.4, 0.5) is 11.4 Å². The molecule has 0 fully saturated rings. The number of methoxy groups -OCH3 is 1. The van der Waals surface area contributed by atoms with Crippen molar-refractivity contribution in [2.45, 2.75) is 24.8 Å². The van der Waals surface area contributed by atoms with Crippen molar-refractivity contribution in [1.29, 1.82) is 0 Å². The van der Waals surface area contributed by atoms with Gasteiger partial charge in [0.2, 0.25) is 5.91 Å². The summed E-state index contributed by atoms with van der Waals surface area (Å²) in [6.07, 6.45) is 2.22. The van der Waals surface area contributed by atoms with E-state index in [0.29, 0.717) is 29.2 Å². The van der Waals surface area contributed by atoms with Gasteiger partial charge in [0.05, 0.1) is 12.0 Å². The predicted molar refractivity (Wildman–Crippen MR) is 130 cm³/mol. The lowest BCUT2D eigenvalue weighted by molar-refractivity contribution is -0.116. The maximum Gasteiger partial charge on any atom is 0.262 e. The van der Waals surface area contributed by atoms with Crippen molar-refractivity contribution in [3.63, 3.8) is 0 Å². The molecule has 0 saturated carbocycles. The molecule has 0 spiro atoms. The second-order valence-corrected chi connectivity index (χ2v) is 9.33. The van der Waals surface area contributed by atoms with E-state index in [4.69, 9.17) is 4.74 Å². The van der Waals surface area contributed by atoms with Crippen LogP contribution in [-0.4, -0.2) is 26.0 Å². The summed E-state index contributed by atoms with van der Waals surface area (Å²) in [6, 6.07) is 21.5. The zero-order valence-corrected chi connectivity index (χ0v) is 19.2. The first kappa shape index (κ1) is 22.4. The fraction of sp³-hybridized carbons (Fsp3) is 0.160. The lowest BCUT2D eigenvalue weighted by Crippen LogP contribution is -2.17. The molecule has 0 unspecified atom stereocenters. The van der Waals surface area contributed by atoms with Gasteiger partial charge in [-0.25, -0.2) is 8.42 Å². The Morgan fingerprint density at radius 2 is 1.70 bits per heavy atom. The van der Waals surface area contributed by atoms with Crippen molar-refractivity contribution < 1.29 is 17.9 Å². The minimum absolute atomic E-state index is 0.104. The first-order valence-electron chi connectivity index (χ1n) is 10.5. The average molecular weight is 464 g/mol. The molecule has 4 aromatic rings. The zero-order chi connectivity index (χ0) is 23.4. The van der Waals surface area contributed by atoms with Crippen molar-refractivity contribution in [3.05, 3.63) is 84.6 Å². The number of hydrogen-bond donors (Lipinski definition) is 2. The van der Waals surface area contributed by atoms with Gasteiger partial charge in [-0.15, -0.1) is 0 Å². The van der Waals surface area contributed by atoms with E-state index in [0.717, 1.165) is 10.9 Å². The van der Waals surface area contributed by atoms with Crippen LogP contribution in [-0.2, 0) is 21.4 Å². The first-order chi connectivity index (χ1) is 15.9. The number of carbonyl (C=O) groups is 1. The van der Waals surface area contributed by atoms with E-state index in [2.05, 4.69) is 10.0 Å². The number of rotatable bonds is 8. The molecule has 170 valence electrons. The van der Waals surface area contributed by atoms with Crippen molar-refractivity contribution in [1.82, 2.24) is 4.57 Å². The quantitative estimate of drug-likeness (QED) is 0.393. The van der Waals surface area contributed by atoms with Crippen LogP contribution >= 0.6 is 0 Å². The Morgan fingerprint density at radius 3 is 2.45 bits per heavy atom. The van der Waals surface area contributed by atoms with Gasteiger partial charge in [0.15, 0.2) is 0 Å². The second-order valence-electron chi connectivity index (χ2n) is 7.68. The Balaban J connectivity index is 1.45. The SMILES string of the molecule is COc1ccc(NS(=O)(=O)c2cc(NC(=O)CCn3ccc4ccccc43)ccc2C)cc1. The Bertz CT molecular complexity index is 1390. The average Bonchev–Trinajstić information content (AvgIpc) is 3.22. The second kappa shape index (κ2) is 9.38. The third-order valence-corrected chi connectivity index (χ3v) is 6.89. The first-order valence-corrected chi connectivity index (χ1v) is 12.0. The normalized spacial score (nSPS) is 11.3. The Labute approximate surface area is 193 Å². The zero-order valence-electron chi connectivity index (χ0n) is 18.4. The molecule has 4 rings (SSSR count). The summed E-state index contributed by atoms with van der Waals surface area (Å²) in [5, 5.41) is 3.93. The van der Waals surface area contributed by atoms with Crippen LogP contribution in [0.25, 0.3) is 10.9 Å². The number of nitrogens with zero attached hydrogens (tertiary/aromatic N) is 1. The van der Waals surface area contributed by atoms with Crippen LogP contribution in [0.3, 0.4) is 0 Å². The Hall–Kier alpha value is -3.78. The van der Waals surface area contributed by atoms with E-state index < -0.39 is 10.0 Å². The molecule has 8 heteroatoms. The Kier molecular flexibility index (Phi) is 6.37. The van der Waals surface area contributed by atoms with Crippen molar-refractivity contribution in [3.8, 4) is 5.75 Å². The van der Waals surface area contributed by atoms with Gasteiger partial charge in [-0.05, 0) is 66.4 Å². The van der Waals surface area contributed by atoms with Crippen molar-refractivity contribution in [2.75, 3.05) is 17.1 Å². The molecule has 0 bridgehead atoms. The molecule has 0 atom stereocenters. The third kappa shape index (κ3) is 5.18. The highest BCUT2D eigenvalue weighted by Crippen LogP contribution is 2.24. The number of benzene rings is 3. The molecule has 2 N–H and O–H groups in total. The monoisotopic (exact) mass is 463 g/mol. The number of fused-ring (bicyclic) bond motifs is 1. The van der Waals surface area contributed by atoms with Crippen LogP contribution in [0, 0.1) is 6.92 Å². The molecule has 0 saturated heterocycles. The van der Waals surface area contributed by atoms with E-state index in [1.807, 2.05) is 41.1 Å². The van der Waals surface area contributed by atoms with Crippen LogP contribution in [0.15, 0.2) is 83.9 Å². The molecule has 1 aromatic heterocycles. The lowest BCUT2D eigenvalue weighted by Gasteiger charge is -2.13. The standard InChI is InChI=1S/C25H25N3O4S/c1-18-7-8-21(17-24(18)33(30,31)27-20-9-11-22(32-2)12-10-20)26-25(29)14-16-28-15-13-19-5-3-4-6-23(19)28/h3-13,15,17,27H,14,16H2,1-2H3,(H,26,29). The van der Waals surface area contributed by atoms with E-state index in [1.165, 1.54) is 6.07 Å². The largest absolute Gasteiger partial charge is 0.497 e. The third-order valence-electron chi connectivity index (χ3n) is 5.36. The van der Waals surface area contributed by atoms with E-state index in [1.54, 1.807) is 50.4 Å². The van der Waals surface area contributed by atoms with Crippen LogP contribution in [0.2, 0.25) is 0 Å². The number of ether oxygens (including phenoxy) is 1. The van der Waals surface area contributed by atoms with Crippen LogP contribution in [0.1, 0.15) is 12.0 Å². The summed E-state index contributed by atoms with van der Waals surface area (Å²) in [4.78, 5) is 12.6. The highest BCUT2D eigenvalue weighted by atomic mass is 32.2. The summed E-state index contributed by atoms with van der Waals surface area (Å²) < 4.78 is 35.6. The summed E-state index contributed by atoms with van der Waals surface area (Å²) >= 11 is 0. The maximum absolute atomic E-state index is 13.0. The highest BCUT2D eigenvalue weighted by Gasteiger charge is 2.18. The smallest absolute Gasteiger partial charge is 0.262 e. The predicted octanol–water partition coefficient (Wildman–Crippen LogP) is 4.79. The minimum Gasteiger partial charge on any atom is -0.497 e. The summed E-state index contributed by atoms with van der Waals surface area (Å²) in [5.41, 5.74) is 2.49. The van der Waals surface area contributed by atoms with Crippen LogP contribution < -0.4 is 14.8 Å². The van der Waals surface area contributed by atoms with Gasteiger partial charge in [-0.3, -0.25) is 9.52 Å². The van der Waals surface area contributed by atoms with Gasteiger partial charge in [0.25, 0.3) is 10.0 Å². The molecule has 33 heavy (non-hydrogen) atoms. The molecule has 3 aromatic carbocycles. The Morgan fingerprint density at radius 1 is 0.970 bits per heavy atom. The highest BCUT2D eigenvalue weighted by molar-refractivity contribution is 7.92. The molecule has 0 radical (unpaired) electrons. The van der Waals surface area contributed by atoms with Gasteiger partial charge in [-0.1, -0.05) is 24.3 Å². The lowest BCUT2D eigenvalue weighted by atomic mass is 10.2. The van der Waals surface area contributed by atoms with E-state index >= 15 is 0 Å². The number of para-hydroxylation sites is 1. The van der Waals surface area contributed by atoms with Gasteiger partial charge in [0.1, 0.15) is 5.75 Å². The number of amides is 1. The van der Waals surface area contributed by atoms with Gasteiger partial charge in [0, 0.05) is 36.1 Å². The fourth-order valence-corrected chi connectivity index (χ4v) is 4.95. The van der Waals surface area contributed by atoms with Gasteiger partial charge in [-0.2, -0.15) is 0 Å². The summed E-state index contributed by atoms with van der Waals surface area (Å²) in [7, 11) is -2.30. The molecule has 7 nitrogen and oxygen atoms in total. The topological polar surface area (TPSA) is 89.4 Å². The number of carbonyl (C=O) groups excluding carboxylic acids is 1. The molecule has 1 heterocycles. The molecule has 0 aliphatic carbocycles.